The molecule has 9 heteroatoms. The van der Waals surface area contributed by atoms with E-state index < -0.39 is 16.0 Å². The number of carbonyl (C=O) groups is 2. The lowest BCUT2D eigenvalue weighted by Gasteiger charge is -2.34. The third-order valence-corrected chi connectivity index (χ3v) is 6.43. The van der Waals surface area contributed by atoms with Crippen LogP contribution < -0.4 is 0 Å². The van der Waals surface area contributed by atoms with Crippen molar-refractivity contribution < 1.29 is 23.1 Å². The molecule has 27 heavy (non-hydrogen) atoms. The van der Waals surface area contributed by atoms with Gasteiger partial charge in [0, 0.05) is 32.7 Å². The molecular weight excluding hydrogens is 370 g/mol. The van der Waals surface area contributed by atoms with Gasteiger partial charge in [-0.2, -0.15) is 4.31 Å². The average molecular weight is 397 g/mol. The number of nitrogens with zero attached hydrogens (tertiary/aromatic N) is 3. The molecule has 0 aliphatic carbocycles. The predicted octanol–water partition coefficient (Wildman–Crippen LogP) is 0.625. The summed E-state index contributed by atoms with van der Waals surface area (Å²) < 4.78 is 26.8. The van der Waals surface area contributed by atoms with Crippen molar-refractivity contribution in [1.82, 2.24) is 14.1 Å². The van der Waals surface area contributed by atoms with Gasteiger partial charge in [-0.3, -0.25) is 14.5 Å². The average Bonchev–Trinajstić information content (AvgIpc) is 2.62. The number of carboxylic acids is 1. The highest BCUT2D eigenvalue weighted by Gasteiger charge is 2.29. The van der Waals surface area contributed by atoms with Gasteiger partial charge in [0.1, 0.15) is 6.54 Å². The molecular formula is C18H27N3O5S. The van der Waals surface area contributed by atoms with E-state index >= 15 is 0 Å². The molecule has 1 aliphatic rings. The number of benzene rings is 1. The molecule has 1 saturated heterocycles. The number of carboxylic acid groups (broad SMARTS) is 1. The Bertz CT molecular complexity index is 756. The molecule has 1 amide bonds. The highest BCUT2D eigenvalue weighted by Crippen LogP contribution is 2.18. The highest BCUT2D eigenvalue weighted by atomic mass is 32.2. The van der Waals surface area contributed by atoms with Crippen molar-refractivity contribution in [2.45, 2.75) is 25.2 Å². The van der Waals surface area contributed by atoms with Crippen molar-refractivity contribution in [2.24, 2.45) is 0 Å². The van der Waals surface area contributed by atoms with Gasteiger partial charge in [-0.05, 0) is 25.5 Å². The smallest absolute Gasteiger partial charge is 0.323 e. The zero-order chi connectivity index (χ0) is 20.0. The van der Waals surface area contributed by atoms with E-state index in [1.165, 1.54) is 9.21 Å². The fourth-order valence-corrected chi connectivity index (χ4v) is 4.43. The molecule has 1 fully saturated rings. The summed E-state index contributed by atoms with van der Waals surface area (Å²) in [5.41, 5.74) is 0.996. The van der Waals surface area contributed by atoms with Gasteiger partial charge < -0.3 is 10.0 Å². The van der Waals surface area contributed by atoms with Gasteiger partial charge in [0.2, 0.25) is 15.9 Å². The Kier molecular flexibility index (Phi) is 7.34. The molecule has 1 heterocycles. The largest absolute Gasteiger partial charge is 0.480 e. The minimum absolute atomic E-state index is 0.103. The number of carbonyl (C=O) groups excluding carboxylic acids is 1. The molecule has 0 saturated carbocycles. The number of hydrogen-bond donors (Lipinski definition) is 1. The van der Waals surface area contributed by atoms with Gasteiger partial charge in [-0.25, -0.2) is 8.42 Å². The standard InChI is InChI=1S/C18H27N3O5S/c1-3-8-20(14-18(23)24)17(22)13-19-9-11-21(12-10-19)27(25,26)16-6-4-15(2)5-7-16/h4-7H,3,8-14H2,1-2H3,(H,23,24). The van der Waals surface area contributed by atoms with Crippen molar-refractivity contribution in [3.8, 4) is 0 Å². The Hall–Kier alpha value is -1.97. The van der Waals surface area contributed by atoms with Crippen LogP contribution in [-0.2, 0) is 19.6 Å². The molecule has 1 N–H and O–H groups in total. The van der Waals surface area contributed by atoms with Crippen LogP contribution in [0.3, 0.4) is 0 Å². The molecule has 0 atom stereocenters. The Morgan fingerprint density at radius 2 is 1.70 bits per heavy atom. The van der Waals surface area contributed by atoms with E-state index in [1.807, 2.05) is 18.7 Å². The summed E-state index contributed by atoms with van der Waals surface area (Å²) in [6.07, 6.45) is 0.682. The Labute approximate surface area is 160 Å². The lowest BCUT2D eigenvalue weighted by atomic mass is 10.2. The second-order valence-corrected chi connectivity index (χ2v) is 8.64. The van der Waals surface area contributed by atoms with Crippen molar-refractivity contribution in [3.63, 3.8) is 0 Å². The molecule has 1 aromatic carbocycles. The van der Waals surface area contributed by atoms with Crippen molar-refractivity contribution in [3.05, 3.63) is 29.8 Å². The number of aliphatic carboxylic acids is 1. The lowest BCUT2D eigenvalue weighted by Crippen LogP contribution is -2.52. The first kappa shape index (κ1) is 21.3. The monoisotopic (exact) mass is 397 g/mol. The van der Waals surface area contributed by atoms with Crippen LogP contribution in [-0.4, -0.2) is 85.3 Å². The first-order valence-electron chi connectivity index (χ1n) is 9.02. The maximum Gasteiger partial charge on any atom is 0.323 e. The van der Waals surface area contributed by atoms with Gasteiger partial charge in [0.05, 0.1) is 11.4 Å². The van der Waals surface area contributed by atoms with Crippen LogP contribution in [0.1, 0.15) is 18.9 Å². The molecule has 0 radical (unpaired) electrons. The first-order valence-corrected chi connectivity index (χ1v) is 10.5. The number of piperazine rings is 1. The van der Waals surface area contributed by atoms with Crippen molar-refractivity contribution >= 4 is 21.9 Å². The summed E-state index contributed by atoms with van der Waals surface area (Å²) in [6.45, 7) is 5.45. The fourth-order valence-electron chi connectivity index (χ4n) is 3.00. The van der Waals surface area contributed by atoms with Crippen molar-refractivity contribution in [2.75, 3.05) is 45.8 Å². The number of aryl methyl sites for hydroxylation is 1. The SMILES string of the molecule is CCCN(CC(=O)O)C(=O)CN1CCN(S(=O)(=O)c2ccc(C)cc2)CC1. The molecule has 1 aliphatic heterocycles. The van der Waals surface area contributed by atoms with Crippen LogP contribution in [0.25, 0.3) is 0 Å². The van der Waals surface area contributed by atoms with Crippen LogP contribution in [0.15, 0.2) is 29.2 Å². The zero-order valence-corrected chi connectivity index (χ0v) is 16.6. The highest BCUT2D eigenvalue weighted by molar-refractivity contribution is 7.89. The topological polar surface area (TPSA) is 98.2 Å². The first-order chi connectivity index (χ1) is 12.7. The van der Waals surface area contributed by atoms with Gasteiger partial charge in [0.15, 0.2) is 0 Å². The maximum atomic E-state index is 12.7. The maximum absolute atomic E-state index is 12.7. The van der Waals surface area contributed by atoms with E-state index in [0.29, 0.717) is 39.1 Å². The van der Waals surface area contributed by atoms with Gasteiger partial charge in [-0.15, -0.1) is 0 Å². The van der Waals surface area contributed by atoms with E-state index in [4.69, 9.17) is 5.11 Å². The summed E-state index contributed by atoms with van der Waals surface area (Å²) in [7, 11) is -3.54. The Morgan fingerprint density at radius 3 is 2.22 bits per heavy atom. The summed E-state index contributed by atoms with van der Waals surface area (Å²) in [4.78, 5) is 26.7. The molecule has 0 unspecified atom stereocenters. The number of sulfonamides is 1. The molecule has 0 spiro atoms. The van der Waals surface area contributed by atoms with E-state index in [0.717, 1.165) is 5.56 Å². The fraction of sp³-hybridized carbons (Fsp3) is 0.556. The predicted molar refractivity (Wildman–Crippen MR) is 101 cm³/mol. The third-order valence-electron chi connectivity index (χ3n) is 4.52. The normalized spacial score (nSPS) is 16.2. The van der Waals surface area contributed by atoms with Crippen LogP contribution in [0.2, 0.25) is 0 Å². The Morgan fingerprint density at radius 1 is 1.11 bits per heavy atom. The number of hydrogen-bond acceptors (Lipinski definition) is 5. The molecule has 0 bridgehead atoms. The lowest BCUT2D eigenvalue weighted by molar-refractivity contribution is -0.145. The second-order valence-electron chi connectivity index (χ2n) is 6.70. The van der Waals surface area contributed by atoms with E-state index in [2.05, 4.69) is 0 Å². The Balaban J connectivity index is 1.93. The number of rotatable bonds is 8. The second kappa shape index (κ2) is 9.29. The van der Waals surface area contributed by atoms with E-state index in [1.54, 1.807) is 24.3 Å². The minimum atomic E-state index is -3.54. The molecule has 8 nitrogen and oxygen atoms in total. The van der Waals surface area contributed by atoms with E-state index in [9.17, 15) is 18.0 Å². The zero-order valence-electron chi connectivity index (χ0n) is 15.8. The van der Waals surface area contributed by atoms with Crippen LogP contribution in [0.5, 0.6) is 0 Å². The number of amides is 1. The van der Waals surface area contributed by atoms with Gasteiger partial charge in [0.25, 0.3) is 0 Å². The van der Waals surface area contributed by atoms with Gasteiger partial charge in [-0.1, -0.05) is 24.6 Å². The van der Waals surface area contributed by atoms with Crippen LogP contribution >= 0.6 is 0 Å². The van der Waals surface area contributed by atoms with Crippen molar-refractivity contribution in [1.29, 1.82) is 0 Å². The molecule has 150 valence electrons. The molecule has 1 aromatic rings. The molecule has 0 aromatic heterocycles. The minimum Gasteiger partial charge on any atom is -0.480 e. The summed E-state index contributed by atoms with van der Waals surface area (Å²) in [5.74, 6) is -1.28. The summed E-state index contributed by atoms with van der Waals surface area (Å²) >= 11 is 0. The quantitative estimate of drug-likeness (QED) is 0.691. The van der Waals surface area contributed by atoms with E-state index in [-0.39, 0.29) is 23.9 Å². The van der Waals surface area contributed by atoms with Crippen LogP contribution in [0.4, 0.5) is 0 Å². The van der Waals surface area contributed by atoms with Crippen LogP contribution in [0, 0.1) is 6.92 Å². The summed E-state index contributed by atoms with van der Waals surface area (Å²) in [6, 6.07) is 6.75. The summed E-state index contributed by atoms with van der Waals surface area (Å²) in [5, 5.41) is 8.93. The van der Waals surface area contributed by atoms with Gasteiger partial charge >= 0.3 is 5.97 Å². The third kappa shape index (κ3) is 5.75. The molecule has 2 rings (SSSR count).